The number of nitrogens with one attached hydrogen (secondary N) is 1. The lowest BCUT2D eigenvalue weighted by atomic mass is 9.90. The van der Waals surface area contributed by atoms with Gasteiger partial charge in [-0.15, -0.1) is 23.2 Å². The maximum atomic E-state index is 12.8. The van der Waals surface area contributed by atoms with Gasteiger partial charge in [0.2, 0.25) is 0 Å². The summed E-state index contributed by atoms with van der Waals surface area (Å²) >= 11 is 12.7. The molecule has 0 spiro atoms. The second-order valence-electron chi connectivity index (χ2n) is 6.20. The van der Waals surface area contributed by atoms with Crippen LogP contribution in [-0.2, 0) is 7.05 Å². The first kappa shape index (κ1) is 17.2. The number of hydrogen-bond donors (Lipinski definition) is 1. The van der Waals surface area contributed by atoms with E-state index >= 15 is 0 Å². The van der Waals surface area contributed by atoms with Crippen molar-refractivity contribution in [3.63, 3.8) is 0 Å². The number of ether oxygens (including phenoxy) is 1. The minimum atomic E-state index is -0.194. The van der Waals surface area contributed by atoms with Gasteiger partial charge >= 0.3 is 0 Å². The summed E-state index contributed by atoms with van der Waals surface area (Å²) in [6, 6.07) is 5.52. The largest absolute Gasteiger partial charge is 0.497 e. The van der Waals surface area contributed by atoms with E-state index in [0.29, 0.717) is 24.2 Å². The highest BCUT2D eigenvalue weighted by Crippen LogP contribution is 2.31. The second-order valence-corrected chi connectivity index (χ2v) is 7.29. The van der Waals surface area contributed by atoms with Crippen LogP contribution in [0.3, 0.4) is 0 Å². The molecule has 6 heteroatoms. The molecule has 3 unspecified atom stereocenters. The van der Waals surface area contributed by atoms with Gasteiger partial charge < -0.3 is 14.6 Å². The third kappa shape index (κ3) is 3.13. The zero-order valence-electron chi connectivity index (χ0n) is 13.7. The van der Waals surface area contributed by atoms with Gasteiger partial charge in [-0.1, -0.05) is 12.2 Å². The molecule has 128 valence electrons. The molecule has 2 aromatic rings. The number of carbonyl (C=O) groups excluding carboxylic acids is 1. The number of aromatic nitrogens is 1. The fourth-order valence-electron chi connectivity index (χ4n) is 3.13. The van der Waals surface area contributed by atoms with Crippen LogP contribution >= 0.6 is 23.2 Å². The Morgan fingerprint density at radius 1 is 1.42 bits per heavy atom. The Morgan fingerprint density at radius 2 is 2.17 bits per heavy atom. The minimum absolute atomic E-state index is 0.152. The van der Waals surface area contributed by atoms with Gasteiger partial charge in [0.25, 0.3) is 5.91 Å². The van der Waals surface area contributed by atoms with E-state index in [-0.39, 0.29) is 22.7 Å². The molecule has 1 aliphatic carbocycles. The lowest BCUT2D eigenvalue weighted by Crippen LogP contribution is -2.45. The van der Waals surface area contributed by atoms with Crippen molar-refractivity contribution >= 4 is 40.0 Å². The molecule has 0 saturated heterocycles. The predicted molar refractivity (Wildman–Crippen MR) is 98.4 cm³/mol. The quantitative estimate of drug-likeness (QED) is 0.662. The van der Waals surface area contributed by atoms with Crippen LogP contribution < -0.4 is 10.1 Å². The molecular formula is C18H20Cl2N2O2. The topological polar surface area (TPSA) is 43.3 Å². The van der Waals surface area contributed by atoms with E-state index in [1.807, 2.05) is 36.0 Å². The summed E-state index contributed by atoms with van der Waals surface area (Å²) in [6.45, 7) is 3.93. The normalized spacial score (nSPS) is 24.2. The summed E-state index contributed by atoms with van der Waals surface area (Å²) < 4.78 is 7.20. The third-order valence-corrected chi connectivity index (χ3v) is 5.50. The van der Waals surface area contributed by atoms with Gasteiger partial charge in [-0.2, -0.15) is 0 Å². The average Bonchev–Trinajstić information content (AvgIpc) is 2.89. The van der Waals surface area contributed by atoms with E-state index in [2.05, 4.69) is 11.9 Å². The Labute approximate surface area is 151 Å². The second kappa shape index (κ2) is 6.69. The molecule has 1 aliphatic rings. The highest BCUT2D eigenvalue weighted by molar-refractivity contribution is 6.24. The fourth-order valence-corrected chi connectivity index (χ4v) is 3.78. The van der Waals surface area contributed by atoms with Gasteiger partial charge in [0, 0.05) is 30.2 Å². The van der Waals surface area contributed by atoms with Gasteiger partial charge in [0.05, 0.1) is 23.4 Å². The van der Waals surface area contributed by atoms with E-state index < -0.39 is 0 Å². The van der Waals surface area contributed by atoms with Crippen LogP contribution in [0, 0.1) is 0 Å². The number of aryl methyl sites for hydroxylation is 1. The summed E-state index contributed by atoms with van der Waals surface area (Å²) in [6.07, 6.45) is 3.03. The molecule has 1 aromatic carbocycles. The summed E-state index contributed by atoms with van der Waals surface area (Å²) in [5.41, 5.74) is 2.50. The molecule has 3 rings (SSSR count). The Hall–Kier alpha value is -1.65. The summed E-state index contributed by atoms with van der Waals surface area (Å²) in [5.74, 6) is 0.564. The molecule has 3 atom stereocenters. The van der Waals surface area contributed by atoms with Crippen molar-refractivity contribution in [2.75, 3.05) is 7.11 Å². The molecule has 24 heavy (non-hydrogen) atoms. The Kier molecular flexibility index (Phi) is 4.79. The third-order valence-electron chi connectivity index (χ3n) is 4.56. The lowest BCUT2D eigenvalue weighted by Gasteiger charge is -2.32. The predicted octanol–water partition coefficient (Wildman–Crippen LogP) is 3.85. The zero-order chi connectivity index (χ0) is 17.4. The van der Waals surface area contributed by atoms with Crippen LogP contribution in [0.2, 0.25) is 0 Å². The molecule has 1 N–H and O–H groups in total. The maximum Gasteiger partial charge on any atom is 0.253 e. The number of fused-ring (bicyclic) bond motifs is 1. The van der Waals surface area contributed by atoms with E-state index in [0.717, 1.165) is 16.5 Å². The van der Waals surface area contributed by atoms with Crippen molar-refractivity contribution < 1.29 is 9.53 Å². The number of amides is 1. The van der Waals surface area contributed by atoms with Crippen molar-refractivity contribution in [2.24, 2.45) is 7.05 Å². The number of benzene rings is 1. The van der Waals surface area contributed by atoms with E-state index in [1.54, 1.807) is 7.11 Å². The van der Waals surface area contributed by atoms with Crippen molar-refractivity contribution in [3.05, 3.63) is 42.1 Å². The molecule has 1 aromatic heterocycles. The van der Waals surface area contributed by atoms with Crippen LogP contribution in [0.1, 0.15) is 23.2 Å². The molecule has 1 heterocycles. The minimum Gasteiger partial charge on any atom is -0.497 e. The highest BCUT2D eigenvalue weighted by Gasteiger charge is 2.32. The van der Waals surface area contributed by atoms with Crippen LogP contribution in [0.25, 0.3) is 10.9 Å². The van der Waals surface area contributed by atoms with E-state index in [4.69, 9.17) is 27.9 Å². The average molecular weight is 367 g/mol. The van der Waals surface area contributed by atoms with Crippen LogP contribution in [0.4, 0.5) is 0 Å². The maximum absolute atomic E-state index is 12.8. The number of hydrogen-bond acceptors (Lipinski definition) is 2. The van der Waals surface area contributed by atoms with Crippen molar-refractivity contribution in [1.82, 2.24) is 9.88 Å². The molecular weight excluding hydrogens is 347 g/mol. The first-order chi connectivity index (χ1) is 11.4. The zero-order valence-corrected chi connectivity index (χ0v) is 15.2. The summed E-state index contributed by atoms with van der Waals surface area (Å²) in [5, 5.41) is 3.53. The number of alkyl halides is 2. The van der Waals surface area contributed by atoms with E-state index in [1.165, 1.54) is 0 Å². The number of methoxy groups -OCH3 is 1. The summed E-state index contributed by atoms with van der Waals surface area (Å²) in [7, 11) is 3.52. The first-order valence-corrected chi connectivity index (χ1v) is 8.67. The van der Waals surface area contributed by atoms with Gasteiger partial charge in [-0.05, 0) is 31.0 Å². The summed E-state index contributed by atoms with van der Waals surface area (Å²) in [4.78, 5) is 12.8. The molecule has 0 radical (unpaired) electrons. The number of nitrogens with zero attached hydrogens (tertiary/aromatic N) is 1. The van der Waals surface area contributed by atoms with Crippen LogP contribution in [0.5, 0.6) is 5.75 Å². The number of halogens is 2. The monoisotopic (exact) mass is 366 g/mol. The molecule has 1 saturated carbocycles. The molecule has 4 nitrogen and oxygen atoms in total. The molecule has 1 fully saturated rings. The number of carbonyl (C=O) groups is 1. The SMILES string of the molecule is C=C1CC(Cl)C(NC(=O)c2cn(C)c3ccc(OC)cc23)CC1Cl. The number of rotatable bonds is 3. The van der Waals surface area contributed by atoms with Crippen molar-refractivity contribution in [2.45, 2.75) is 29.6 Å². The smallest absolute Gasteiger partial charge is 0.253 e. The Bertz CT molecular complexity index is 800. The molecule has 1 amide bonds. The highest BCUT2D eigenvalue weighted by atomic mass is 35.5. The fraction of sp³-hybridized carbons (Fsp3) is 0.389. The molecule has 0 bridgehead atoms. The number of allylic oxidation sites excluding steroid dienone is 1. The van der Waals surface area contributed by atoms with Crippen molar-refractivity contribution in [3.8, 4) is 5.75 Å². The van der Waals surface area contributed by atoms with Crippen LogP contribution in [-0.4, -0.2) is 34.4 Å². The Balaban J connectivity index is 1.87. The Morgan fingerprint density at radius 3 is 2.88 bits per heavy atom. The van der Waals surface area contributed by atoms with Crippen LogP contribution in [0.15, 0.2) is 36.5 Å². The van der Waals surface area contributed by atoms with Crippen molar-refractivity contribution in [1.29, 1.82) is 0 Å². The van der Waals surface area contributed by atoms with E-state index in [9.17, 15) is 4.79 Å². The first-order valence-electron chi connectivity index (χ1n) is 7.80. The van der Waals surface area contributed by atoms with Gasteiger partial charge in [0.1, 0.15) is 5.75 Å². The standard InChI is InChI=1S/C18H20Cl2N2O2/c1-10-6-15(20)16(8-14(10)19)21-18(23)13-9-22(2)17-5-4-11(24-3)7-12(13)17/h4-5,7,9,14-16H,1,6,8H2,2-3H3,(H,21,23). The van der Waals surface area contributed by atoms with Gasteiger partial charge in [-0.3, -0.25) is 4.79 Å². The molecule has 0 aliphatic heterocycles. The van der Waals surface area contributed by atoms with Gasteiger partial charge in [0.15, 0.2) is 0 Å². The lowest BCUT2D eigenvalue weighted by molar-refractivity contribution is 0.0933. The van der Waals surface area contributed by atoms with Gasteiger partial charge in [-0.25, -0.2) is 0 Å².